The Kier molecular flexibility index (Phi) is 3.13. The second-order valence-corrected chi connectivity index (χ2v) is 3.25. The molecule has 0 heterocycles. The van der Waals surface area contributed by atoms with Crippen LogP contribution in [0.1, 0.15) is 10.4 Å². The number of halogens is 1. The summed E-state index contributed by atoms with van der Waals surface area (Å²) < 4.78 is 0.847. The third-order valence-corrected chi connectivity index (χ3v) is 2.25. The van der Waals surface area contributed by atoms with E-state index in [4.69, 9.17) is 5.53 Å². The predicted octanol–water partition coefficient (Wildman–Crippen LogP) is 1.77. The molecule has 0 N–H and O–H groups in total. The highest BCUT2D eigenvalue weighted by atomic mass is 127. The minimum Gasteiger partial charge on any atom is -0.361 e. The molecule has 0 aliphatic heterocycles. The summed E-state index contributed by atoms with van der Waals surface area (Å²) in [6.07, 6.45) is 0.886. The van der Waals surface area contributed by atoms with Gasteiger partial charge >= 0.3 is 6.21 Å². The van der Waals surface area contributed by atoms with Crippen LogP contribution in [0.4, 0.5) is 0 Å². The van der Waals surface area contributed by atoms with Crippen LogP contribution in [0.3, 0.4) is 0 Å². The normalized spacial score (nSPS) is 8.75. The Morgan fingerprint density at radius 3 is 2.75 bits per heavy atom. The van der Waals surface area contributed by atoms with Crippen molar-refractivity contribution < 1.29 is 9.58 Å². The molecule has 0 aliphatic rings. The summed E-state index contributed by atoms with van der Waals surface area (Å²) in [6.45, 7) is 0. The summed E-state index contributed by atoms with van der Waals surface area (Å²) in [5.74, 6) is -0.289. The molecule has 0 radical (unpaired) electrons. The van der Waals surface area contributed by atoms with Gasteiger partial charge in [0.2, 0.25) is 0 Å². The van der Waals surface area contributed by atoms with Crippen molar-refractivity contribution in [1.29, 1.82) is 0 Å². The second kappa shape index (κ2) is 4.13. The molecule has 0 fully saturated rings. The minimum atomic E-state index is -0.289. The number of ketones is 1. The molecule has 0 aliphatic carbocycles. The molecule has 0 saturated heterocycles. The zero-order valence-corrected chi connectivity index (χ0v) is 8.22. The van der Waals surface area contributed by atoms with Crippen LogP contribution in [0.25, 0.3) is 5.53 Å². The van der Waals surface area contributed by atoms with Crippen molar-refractivity contribution in [1.82, 2.24) is 0 Å². The van der Waals surface area contributed by atoms with Gasteiger partial charge in [-0.1, -0.05) is 12.1 Å². The maximum absolute atomic E-state index is 11.2. The van der Waals surface area contributed by atoms with Crippen LogP contribution in [0.5, 0.6) is 0 Å². The minimum absolute atomic E-state index is 0.289. The first-order valence-corrected chi connectivity index (χ1v) is 4.30. The van der Waals surface area contributed by atoms with Gasteiger partial charge in [0.1, 0.15) is 0 Å². The van der Waals surface area contributed by atoms with E-state index >= 15 is 0 Å². The average Bonchev–Trinajstić information content (AvgIpc) is 2.05. The monoisotopic (exact) mass is 272 g/mol. The van der Waals surface area contributed by atoms with Crippen LogP contribution in [0.15, 0.2) is 24.3 Å². The molecule has 60 valence electrons. The van der Waals surface area contributed by atoms with Gasteiger partial charge in [0, 0.05) is 9.13 Å². The molecule has 3 nitrogen and oxygen atoms in total. The molecule has 12 heavy (non-hydrogen) atoms. The van der Waals surface area contributed by atoms with Crippen molar-refractivity contribution >= 4 is 34.6 Å². The Bertz CT molecular complexity index is 356. The number of carbonyl (C=O) groups is 1. The summed E-state index contributed by atoms with van der Waals surface area (Å²) in [5, 5.41) is 0. The molecule has 0 amide bonds. The number of nitrogens with zero attached hydrogens (tertiary/aromatic N) is 2. The van der Waals surface area contributed by atoms with Crippen molar-refractivity contribution in [2.24, 2.45) is 0 Å². The predicted molar refractivity (Wildman–Crippen MR) is 53.2 cm³/mol. The summed E-state index contributed by atoms with van der Waals surface area (Å²) in [7, 11) is 0. The zero-order valence-electron chi connectivity index (χ0n) is 6.07. The highest BCUT2D eigenvalue weighted by molar-refractivity contribution is 14.1. The molecule has 0 spiro atoms. The lowest BCUT2D eigenvalue weighted by Crippen LogP contribution is -2.02. The topological polar surface area (TPSA) is 53.5 Å². The summed E-state index contributed by atoms with van der Waals surface area (Å²) in [4.78, 5) is 13.8. The lowest BCUT2D eigenvalue weighted by atomic mass is 10.1. The molecule has 4 heteroatoms. The lowest BCUT2D eigenvalue weighted by Gasteiger charge is -1.94. The highest BCUT2D eigenvalue weighted by Gasteiger charge is 2.09. The molecule has 1 rings (SSSR count). The van der Waals surface area contributed by atoms with Crippen LogP contribution >= 0.6 is 22.6 Å². The van der Waals surface area contributed by atoms with Gasteiger partial charge in [-0.05, 0) is 34.7 Å². The summed E-state index contributed by atoms with van der Waals surface area (Å²) in [5.41, 5.74) is 8.69. The van der Waals surface area contributed by atoms with E-state index in [1.54, 1.807) is 12.1 Å². The van der Waals surface area contributed by atoms with E-state index in [1.807, 2.05) is 12.1 Å². The van der Waals surface area contributed by atoms with E-state index < -0.39 is 0 Å². The first-order valence-electron chi connectivity index (χ1n) is 3.22. The Hall–Kier alpha value is -1.000. The van der Waals surface area contributed by atoms with Gasteiger partial charge in [-0.15, -0.1) is 0 Å². The fourth-order valence-corrected chi connectivity index (χ4v) is 1.44. The largest absolute Gasteiger partial charge is 0.361 e. The number of Topliss-reactive ketones (excluding diaryl/α,β-unsaturated/α-hetero) is 1. The summed E-state index contributed by atoms with van der Waals surface area (Å²) in [6, 6.07) is 7.11. The molecule has 0 saturated carbocycles. The number of hydrogen-bond donors (Lipinski definition) is 0. The first kappa shape index (κ1) is 9.09. The van der Waals surface area contributed by atoms with Gasteiger partial charge in [0.25, 0.3) is 5.78 Å². The van der Waals surface area contributed by atoms with Gasteiger partial charge < -0.3 is 5.53 Å². The standard InChI is InChI=1S/C8H5IN2O/c9-7-4-2-1-3-6(7)8(12)5-11-10/h1-5H. The smallest absolute Gasteiger partial charge is 0.328 e. The molecule has 0 bridgehead atoms. The summed E-state index contributed by atoms with van der Waals surface area (Å²) >= 11 is 2.05. The molecular formula is C8H5IN2O. The number of carbonyl (C=O) groups excluding carboxylic acids is 1. The second-order valence-electron chi connectivity index (χ2n) is 2.09. The van der Waals surface area contributed by atoms with Gasteiger partial charge in [0.05, 0.1) is 0 Å². The Labute approximate surface area is 83.2 Å². The van der Waals surface area contributed by atoms with Crippen molar-refractivity contribution in [2.75, 3.05) is 0 Å². The third kappa shape index (κ3) is 1.99. The van der Waals surface area contributed by atoms with E-state index in [9.17, 15) is 4.79 Å². The van der Waals surface area contributed by atoms with Crippen molar-refractivity contribution in [3.05, 3.63) is 38.9 Å². The fourth-order valence-electron chi connectivity index (χ4n) is 0.783. The Morgan fingerprint density at radius 2 is 2.17 bits per heavy atom. The maximum atomic E-state index is 11.2. The van der Waals surface area contributed by atoms with Gasteiger partial charge in [-0.2, -0.15) is 4.79 Å². The van der Waals surface area contributed by atoms with Gasteiger partial charge in [-0.3, -0.25) is 4.79 Å². The molecule has 1 aromatic rings. The first-order chi connectivity index (χ1) is 5.75. The van der Waals surface area contributed by atoms with E-state index in [1.165, 1.54) is 0 Å². The van der Waals surface area contributed by atoms with Crippen LogP contribution < -0.4 is 0 Å². The van der Waals surface area contributed by atoms with E-state index in [0.717, 1.165) is 9.78 Å². The lowest BCUT2D eigenvalue weighted by molar-refractivity contribution is 0.00234. The molecule has 0 atom stereocenters. The molecular weight excluding hydrogens is 267 g/mol. The van der Waals surface area contributed by atoms with Gasteiger partial charge in [0.15, 0.2) is 0 Å². The SMILES string of the molecule is [N-]=[N+]=CC(=O)c1ccccc1I. The van der Waals surface area contributed by atoms with Crippen LogP contribution in [-0.4, -0.2) is 16.8 Å². The quantitative estimate of drug-likeness (QED) is 0.266. The van der Waals surface area contributed by atoms with E-state index in [-0.39, 0.29) is 5.78 Å². The average molecular weight is 272 g/mol. The van der Waals surface area contributed by atoms with Crippen LogP contribution in [0.2, 0.25) is 0 Å². The molecule has 0 unspecified atom stereocenters. The number of benzene rings is 1. The number of rotatable bonds is 2. The van der Waals surface area contributed by atoms with Crippen molar-refractivity contribution in [3.8, 4) is 0 Å². The van der Waals surface area contributed by atoms with Crippen molar-refractivity contribution in [2.45, 2.75) is 0 Å². The molecule has 0 aromatic heterocycles. The van der Waals surface area contributed by atoms with Crippen molar-refractivity contribution in [3.63, 3.8) is 0 Å². The Morgan fingerprint density at radius 1 is 1.50 bits per heavy atom. The highest BCUT2D eigenvalue weighted by Crippen LogP contribution is 2.10. The van der Waals surface area contributed by atoms with Crippen LogP contribution in [0, 0.1) is 3.57 Å². The molecule has 1 aromatic carbocycles. The maximum Gasteiger partial charge on any atom is 0.328 e. The zero-order chi connectivity index (χ0) is 8.97. The van der Waals surface area contributed by atoms with Gasteiger partial charge in [-0.25, -0.2) is 0 Å². The Balaban J connectivity index is 3.11. The van der Waals surface area contributed by atoms with E-state index in [2.05, 4.69) is 27.4 Å². The number of hydrogen-bond acceptors (Lipinski definition) is 1. The van der Waals surface area contributed by atoms with Crippen LogP contribution in [-0.2, 0) is 0 Å². The third-order valence-electron chi connectivity index (χ3n) is 1.31. The van der Waals surface area contributed by atoms with E-state index in [0.29, 0.717) is 5.56 Å². The fraction of sp³-hybridized carbons (Fsp3) is 0.